The summed E-state index contributed by atoms with van der Waals surface area (Å²) in [4.78, 5) is 2.48. The number of rotatable bonds is 5. The lowest BCUT2D eigenvalue weighted by molar-refractivity contribution is 0.165. The van der Waals surface area contributed by atoms with E-state index < -0.39 is 0 Å². The molecule has 1 aliphatic rings. The van der Waals surface area contributed by atoms with Gasteiger partial charge in [0.05, 0.1) is 6.54 Å². The summed E-state index contributed by atoms with van der Waals surface area (Å²) < 4.78 is 6.42. The molecule has 1 unspecified atom stereocenters. The summed E-state index contributed by atoms with van der Waals surface area (Å²) >= 11 is 3.36. The van der Waals surface area contributed by atoms with Crippen LogP contribution in [0.3, 0.4) is 0 Å². The van der Waals surface area contributed by atoms with Crippen molar-refractivity contribution in [1.82, 2.24) is 10.2 Å². The molecule has 1 saturated heterocycles. The molecule has 18 heavy (non-hydrogen) atoms. The minimum atomic E-state index is 0.539. The summed E-state index contributed by atoms with van der Waals surface area (Å²) in [6.45, 7) is 7.67. The van der Waals surface area contributed by atoms with Gasteiger partial charge < -0.3 is 9.73 Å². The van der Waals surface area contributed by atoms with Crippen molar-refractivity contribution < 1.29 is 4.42 Å². The number of furan rings is 1. The van der Waals surface area contributed by atoms with Crippen molar-refractivity contribution in [3.8, 4) is 0 Å². The lowest BCUT2D eigenvalue weighted by Crippen LogP contribution is -2.45. The second-order valence-corrected chi connectivity index (χ2v) is 6.16. The Bertz CT molecular complexity index is 358. The molecule has 2 heterocycles. The largest absolute Gasteiger partial charge is 0.453 e. The van der Waals surface area contributed by atoms with Crippen LogP contribution in [0.15, 0.2) is 21.2 Å². The Hall–Kier alpha value is -0.320. The molecule has 1 atom stereocenters. The molecular weight excluding hydrogens is 292 g/mol. The van der Waals surface area contributed by atoms with Crippen molar-refractivity contribution in [1.29, 1.82) is 0 Å². The number of nitrogens with zero attached hydrogens (tertiary/aromatic N) is 1. The van der Waals surface area contributed by atoms with Crippen LogP contribution in [0.2, 0.25) is 0 Å². The molecule has 4 heteroatoms. The summed E-state index contributed by atoms with van der Waals surface area (Å²) in [5, 5.41) is 3.61. The van der Waals surface area contributed by atoms with Crippen LogP contribution in [0.4, 0.5) is 0 Å². The van der Waals surface area contributed by atoms with Gasteiger partial charge >= 0.3 is 0 Å². The normalized spacial score (nSPS) is 20.8. The molecule has 0 spiro atoms. The third-order valence-corrected chi connectivity index (χ3v) is 4.01. The smallest absolute Gasteiger partial charge is 0.169 e. The molecule has 1 aromatic heterocycles. The van der Waals surface area contributed by atoms with Crippen LogP contribution in [-0.2, 0) is 6.54 Å². The van der Waals surface area contributed by atoms with E-state index in [1.54, 1.807) is 0 Å². The predicted molar refractivity (Wildman–Crippen MR) is 77.6 cm³/mol. The third-order valence-electron chi connectivity index (χ3n) is 3.59. The fourth-order valence-corrected chi connectivity index (χ4v) is 2.80. The van der Waals surface area contributed by atoms with Crippen molar-refractivity contribution in [2.75, 3.05) is 13.1 Å². The van der Waals surface area contributed by atoms with Crippen LogP contribution >= 0.6 is 15.9 Å². The first kappa shape index (κ1) is 14.1. The van der Waals surface area contributed by atoms with Gasteiger partial charge in [0.1, 0.15) is 5.76 Å². The first-order valence-corrected chi connectivity index (χ1v) is 7.66. The lowest BCUT2D eigenvalue weighted by Gasteiger charge is -2.32. The highest BCUT2D eigenvalue weighted by Gasteiger charge is 2.19. The van der Waals surface area contributed by atoms with Crippen LogP contribution < -0.4 is 5.32 Å². The molecule has 1 aliphatic heterocycles. The molecule has 0 aromatic carbocycles. The molecule has 1 N–H and O–H groups in total. The van der Waals surface area contributed by atoms with Crippen LogP contribution in [0.5, 0.6) is 0 Å². The molecule has 102 valence electrons. The highest BCUT2D eigenvalue weighted by atomic mass is 79.9. The van der Waals surface area contributed by atoms with Gasteiger partial charge in [0.2, 0.25) is 0 Å². The van der Waals surface area contributed by atoms with Crippen molar-refractivity contribution in [3.05, 3.63) is 22.6 Å². The van der Waals surface area contributed by atoms with E-state index in [0.29, 0.717) is 12.1 Å². The van der Waals surface area contributed by atoms with Crippen molar-refractivity contribution in [2.24, 2.45) is 0 Å². The molecule has 2 rings (SSSR count). The van der Waals surface area contributed by atoms with Crippen LogP contribution in [0.25, 0.3) is 0 Å². The average Bonchev–Trinajstić information content (AvgIpc) is 2.75. The quantitative estimate of drug-likeness (QED) is 0.903. The van der Waals surface area contributed by atoms with E-state index >= 15 is 0 Å². The van der Waals surface area contributed by atoms with E-state index in [-0.39, 0.29) is 0 Å². The third kappa shape index (κ3) is 4.11. The summed E-state index contributed by atoms with van der Waals surface area (Å²) in [5.74, 6) is 1.03. The standard InChI is InChI=1S/C14H23BrN2O/c1-11(2)17(9-12-5-3-4-8-16-12)10-13-6-7-14(15)18-13/h6-7,11-12,16H,3-5,8-10H2,1-2H3. The summed E-state index contributed by atoms with van der Waals surface area (Å²) in [5.41, 5.74) is 0. The van der Waals surface area contributed by atoms with Gasteiger partial charge in [0.15, 0.2) is 4.67 Å². The zero-order valence-electron chi connectivity index (χ0n) is 11.3. The SMILES string of the molecule is CC(C)N(Cc1ccc(Br)o1)CC1CCCCN1. The Morgan fingerprint density at radius 2 is 2.28 bits per heavy atom. The van der Waals surface area contributed by atoms with Gasteiger partial charge in [0.25, 0.3) is 0 Å². The van der Waals surface area contributed by atoms with E-state index in [1.807, 2.05) is 12.1 Å². The highest BCUT2D eigenvalue weighted by molar-refractivity contribution is 9.10. The van der Waals surface area contributed by atoms with Gasteiger partial charge in [-0.2, -0.15) is 0 Å². The molecule has 0 radical (unpaired) electrons. The molecule has 0 bridgehead atoms. The van der Waals surface area contributed by atoms with Gasteiger partial charge in [0, 0.05) is 18.6 Å². The summed E-state index contributed by atoms with van der Waals surface area (Å²) in [6, 6.07) is 5.19. The average molecular weight is 315 g/mol. The Balaban J connectivity index is 1.90. The van der Waals surface area contributed by atoms with Gasteiger partial charge in [-0.1, -0.05) is 6.42 Å². The van der Waals surface area contributed by atoms with Gasteiger partial charge in [-0.15, -0.1) is 0 Å². The Morgan fingerprint density at radius 1 is 1.44 bits per heavy atom. The van der Waals surface area contributed by atoms with Gasteiger partial charge in [-0.25, -0.2) is 0 Å². The lowest BCUT2D eigenvalue weighted by atomic mass is 10.0. The fraction of sp³-hybridized carbons (Fsp3) is 0.714. The Labute approximate surface area is 118 Å². The van der Waals surface area contributed by atoms with Crippen molar-refractivity contribution in [2.45, 2.75) is 51.7 Å². The molecule has 3 nitrogen and oxygen atoms in total. The summed E-state index contributed by atoms with van der Waals surface area (Å²) in [7, 11) is 0. The van der Waals surface area contributed by atoms with Gasteiger partial charge in [-0.3, -0.25) is 4.90 Å². The minimum Gasteiger partial charge on any atom is -0.453 e. The van der Waals surface area contributed by atoms with Crippen LogP contribution in [0, 0.1) is 0 Å². The number of hydrogen-bond donors (Lipinski definition) is 1. The maximum absolute atomic E-state index is 5.61. The zero-order valence-corrected chi connectivity index (χ0v) is 12.9. The van der Waals surface area contributed by atoms with Crippen LogP contribution in [0.1, 0.15) is 38.9 Å². The zero-order chi connectivity index (χ0) is 13.0. The second kappa shape index (κ2) is 6.73. The highest BCUT2D eigenvalue weighted by Crippen LogP contribution is 2.18. The topological polar surface area (TPSA) is 28.4 Å². The van der Waals surface area contributed by atoms with Gasteiger partial charge in [-0.05, 0) is 61.3 Å². The maximum atomic E-state index is 5.61. The number of hydrogen-bond acceptors (Lipinski definition) is 3. The number of nitrogens with one attached hydrogen (secondary N) is 1. The second-order valence-electron chi connectivity index (χ2n) is 5.38. The van der Waals surface area contributed by atoms with E-state index in [1.165, 1.54) is 25.8 Å². The number of piperidine rings is 1. The fourth-order valence-electron chi connectivity index (χ4n) is 2.46. The van der Waals surface area contributed by atoms with E-state index in [0.717, 1.165) is 23.5 Å². The molecule has 0 saturated carbocycles. The molecule has 0 aliphatic carbocycles. The minimum absolute atomic E-state index is 0.539. The molecule has 0 amide bonds. The first-order chi connectivity index (χ1) is 8.65. The summed E-state index contributed by atoms with van der Waals surface area (Å²) in [6.07, 6.45) is 3.98. The molecule has 1 fully saturated rings. The van der Waals surface area contributed by atoms with Crippen molar-refractivity contribution >= 4 is 15.9 Å². The Morgan fingerprint density at radius 3 is 2.83 bits per heavy atom. The van der Waals surface area contributed by atoms with Crippen LogP contribution in [-0.4, -0.2) is 30.1 Å². The predicted octanol–water partition coefficient (Wildman–Crippen LogP) is 3.39. The molecular formula is C14H23BrN2O. The number of halogens is 1. The van der Waals surface area contributed by atoms with E-state index in [2.05, 4.69) is 40.0 Å². The first-order valence-electron chi connectivity index (χ1n) is 6.87. The van der Waals surface area contributed by atoms with E-state index in [4.69, 9.17) is 4.42 Å². The van der Waals surface area contributed by atoms with E-state index in [9.17, 15) is 0 Å². The Kier molecular flexibility index (Phi) is 5.27. The van der Waals surface area contributed by atoms with Crippen molar-refractivity contribution in [3.63, 3.8) is 0 Å². The maximum Gasteiger partial charge on any atom is 0.169 e. The molecule has 1 aromatic rings. The monoisotopic (exact) mass is 314 g/mol.